The number of rotatable bonds is 6. The molecular weight excluding hydrogens is 376 g/mol. The van der Waals surface area contributed by atoms with Gasteiger partial charge in [-0.3, -0.25) is 10.1 Å². The third-order valence-corrected chi connectivity index (χ3v) is 3.87. The predicted octanol–water partition coefficient (Wildman–Crippen LogP) is 3.52. The van der Waals surface area contributed by atoms with E-state index in [0.717, 1.165) is 6.08 Å². The summed E-state index contributed by atoms with van der Waals surface area (Å²) in [6.45, 7) is -0.530. The van der Waals surface area contributed by atoms with E-state index >= 15 is 0 Å². The number of benzene rings is 2. The van der Waals surface area contributed by atoms with Gasteiger partial charge < -0.3 is 14.8 Å². The van der Waals surface area contributed by atoms with Gasteiger partial charge in [-0.15, -0.1) is 0 Å². The summed E-state index contributed by atoms with van der Waals surface area (Å²) in [7, 11) is 0. The number of nitriles is 1. The zero-order valence-electron chi connectivity index (χ0n) is 14.9. The number of H-pyrrole nitrogens is 1. The Hall–Kier alpha value is -4.45. The lowest BCUT2D eigenvalue weighted by Gasteiger charge is -2.03. The average molecular weight is 390 g/mol. The van der Waals surface area contributed by atoms with E-state index in [-0.39, 0.29) is 17.1 Å². The Kier molecular flexibility index (Phi) is 5.66. The fourth-order valence-electron chi connectivity index (χ4n) is 2.49. The second-order valence-corrected chi connectivity index (χ2v) is 5.83. The third kappa shape index (κ3) is 4.64. The Labute approximate surface area is 164 Å². The topological polar surface area (TPSA) is 142 Å². The molecule has 29 heavy (non-hydrogen) atoms. The maximum Gasteiger partial charge on any atom is 0.331 e. The van der Waals surface area contributed by atoms with Gasteiger partial charge in [-0.1, -0.05) is 24.3 Å². The molecule has 0 aliphatic rings. The number of hydrogen-bond donors (Lipinski definition) is 2. The van der Waals surface area contributed by atoms with Crippen LogP contribution in [0.15, 0.2) is 60.4 Å². The van der Waals surface area contributed by atoms with Crippen LogP contribution in [-0.4, -0.2) is 32.6 Å². The molecular formula is C20H14N4O5. The summed E-state index contributed by atoms with van der Waals surface area (Å²) in [6.07, 6.45) is 2.42. The van der Waals surface area contributed by atoms with Crippen molar-refractivity contribution in [2.75, 3.05) is 6.61 Å². The molecule has 144 valence electrons. The fourth-order valence-corrected chi connectivity index (χ4v) is 2.49. The molecule has 0 atom stereocenters. The van der Waals surface area contributed by atoms with Crippen molar-refractivity contribution in [3.63, 3.8) is 0 Å². The summed E-state index contributed by atoms with van der Waals surface area (Å²) in [5, 5.41) is 30.2. The molecule has 3 rings (SSSR count). The van der Waals surface area contributed by atoms with Gasteiger partial charge in [0.15, 0.2) is 11.6 Å². The molecule has 0 aliphatic heterocycles. The van der Waals surface area contributed by atoms with Crippen molar-refractivity contribution in [3.05, 3.63) is 81.9 Å². The van der Waals surface area contributed by atoms with E-state index in [0.29, 0.717) is 16.6 Å². The van der Waals surface area contributed by atoms with Crippen molar-refractivity contribution < 1.29 is 19.6 Å². The van der Waals surface area contributed by atoms with Gasteiger partial charge in [0.25, 0.3) is 5.69 Å². The van der Waals surface area contributed by atoms with Gasteiger partial charge in [-0.2, -0.15) is 5.26 Å². The summed E-state index contributed by atoms with van der Waals surface area (Å²) in [6, 6.07) is 14.7. The number of aliphatic hydroxyl groups is 1. The molecule has 2 aromatic carbocycles. The van der Waals surface area contributed by atoms with E-state index in [2.05, 4.69) is 9.97 Å². The van der Waals surface area contributed by atoms with Gasteiger partial charge in [0.05, 0.1) is 16.0 Å². The maximum absolute atomic E-state index is 11.8. The molecule has 0 amide bonds. The first-order chi connectivity index (χ1) is 14.0. The molecule has 0 unspecified atom stereocenters. The smallest absolute Gasteiger partial charge is 0.331 e. The zero-order valence-corrected chi connectivity index (χ0v) is 14.9. The SMILES string of the molecule is N#C/C(=C(\O)COC(=O)/C=C/c1cccc([N+](=O)[O-])c1)c1nc2ccccc2[nH]1. The van der Waals surface area contributed by atoms with Crippen molar-refractivity contribution in [3.8, 4) is 6.07 Å². The number of fused-ring (bicyclic) bond motifs is 1. The third-order valence-electron chi connectivity index (χ3n) is 3.87. The number of para-hydroxylation sites is 2. The van der Waals surface area contributed by atoms with Gasteiger partial charge in [0.1, 0.15) is 18.2 Å². The molecule has 0 saturated heterocycles. The first kappa shape index (κ1) is 19.3. The summed E-state index contributed by atoms with van der Waals surface area (Å²) >= 11 is 0. The van der Waals surface area contributed by atoms with E-state index in [1.54, 1.807) is 30.3 Å². The molecule has 9 nitrogen and oxygen atoms in total. The Morgan fingerprint density at radius 2 is 2.10 bits per heavy atom. The summed E-state index contributed by atoms with van der Waals surface area (Å²) in [4.78, 5) is 29.2. The van der Waals surface area contributed by atoms with Gasteiger partial charge >= 0.3 is 5.97 Å². The monoisotopic (exact) mass is 390 g/mol. The van der Waals surface area contributed by atoms with E-state index in [1.807, 2.05) is 6.07 Å². The van der Waals surface area contributed by atoms with Crippen LogP contribution in [0.1, 0.15) is 11.4 Å². The van der Waals surface area contributed by atoms with Crippen LogP contribution >= 0.6 is 0 Å². The number of non-ortho nitro benzene ring substituents is 1. The quantitative estimate of drug-likeness (QED) is 0.164. The van der Waals surface area contributed by atoms with Crippen LogP contribution in [0.4, 0.5) is 5.69 Å². The van der Waals surface area contributed by atoms with Crippen molar-refractivity contribution in [2.24, 2.45) is 0 Å². The van der Waals surface area contributed by atoms with Crippen LogP contribution in [0.5, 0.6) is 0 Å². The van der Waals surface area contributed by atoms with E-state index < -0.39 is 23.3 Å². The molecule has 2 N–H and O–H groups in total. The number of nitrogens with one attached hydrogen (secondary N) is 1. The van der Waals surface area contributed by atoms with Crippen LogP contribution in [0.3, 0.4) is 0 Å². The summed E-state index contributed by atoms with van der Waals surface area (Å²) in [5.41, 5.74) is 1.51. The van der Waals surface area contributed by atoms with Crippen LogP contribution in [-0.2, 0) is 9.53 Å². The summed E-state index contributed by atoms with van der Waals surface area (Å²) in [5.74, 6) is -1.08. The number of hydrogen-bond acceptors (Lipinski definition) is 7. The summed E-state index contributed by atoms with van der Waals surface area (Å²) < 4.78 is 4.92. The van der Waals surface area contributed by atoms with Crippen LogP contribution in [0.25, 0.3) is 22.7 Å². The lowest BCUT2D eigenvalue weighted by Crippen LogP contribution is -2.06. The van der Waals surface area contributed by atoms with E-state index in [4.69, 9.17) is 4.74 Å². The highest BCUT2D eigenvalue weighted by molar-refractivity contribution is 5.87. The average Bonchev–Trinajstić information content (AvgIpc) is 3.15. The minimum absolute atomic E-state index is 0.106. The van der Waals surface area contributed by atoms with Crippen molar-refractivity contribution in [1.29, 1.82) is 5.26 Å². The molecule has 1 heterocycles. The number of carbonyl (C=O) groups is 1. The Morgan fingerprint density at radius 3 is 2.83 bits per heavy atom. The molecule has 3 aromatic rings. The number of nitro benzene ring substituents is 1. The molecule has 0 radical (unpaired) electrons. The zero-order chi connectivity index (χ0) is 20.8. The van der Waals surface area contributed by atoms with Crippen LogP contribution in [0, 0.1) is 21.4 Å². The highest BCUT2D eigenvalue weighted by Crippen LogP contribution is 2.19. The maximum atomic E-state index is 11.8. The normalized spacial score (nSPS) is 11.8. The lowest BCUT2D eigenvalue weighted by atomic mass is 10.2. The molecule has 0 fully saturated rings. The predicted molar refractivity (Wildman–Crippen MR) is 104 cm³/mol. The van der Waals surface area contributed by atoms with Gasteiger partial charge in [-0.25, -0.2) is 9.78 Å². The number of nitrogens with zero attached hydrogens (tertiary/aromatic N) is 3. The van der Waals surface area contributed by atoms with Gasteiger partial charge in [0, 0.05) is 18.2 Å². The molecule has 9 heteroatoms. The van der Waals surface area contributed by atoms with E-state index in [1.165, 1.54) is 24.3 Å². The van der Waals surface area contributed by atoms with Crippen molar-refractivity contribution in [1.82, 2.24) is 9.97 Å². The molecule has 0 spiro atoms. The van der Waals surface area contributed by atoms with Gasteiger partial charge in [-0.05, 0) is 23.8 Å². The van der Waals surface area contributed by atoms with E-state index in [9.17, 15) is 25.3 Å². The number of ether oxygens (including phenoxy) is 1. The number of nitro groups is 1. The molecule has 0 saturated carbocycles. The standard InChI is InChI=1S/C20H14N4O5/c21-11-15(20-22-16-6-1-2-7-17(16)23-20)18(25)12-29-19(26)9-8-13-4-3-5-14(10-13)24(27)28/h1-10,25H,12H2,(H,22,23)/b9-8+,18-15+. The number of carbonyl (C=O) groups excluding carboxylic acids is 1. The Bertz CT molecular complexity index is 1150. The van der Waals surface area contributed by atoms with Crippen molar-refractivity contribution >= 4 is 34.3 Å². The van der Waals surface area contributed by atoms with Crippen LogP contribution in [0.2, 0.25) is 0 Å². The first-order valence-electron chi connectivity index (χ1n) is 8.34. The minimum Gasteiger partial charge on any atom is -0.507 e. The number of aromatic nitrogens is 2. The number of aliphatic hydroxyl groups excluding tert-OH is 1. The first-order valence-corrected chi connectivity index (χ1v) is 8.34. The minimum atomic E-state index is -0.787. The lowest BCUT2D eigenvalue weighted by molar-refractivity contribution is -0.384. The molecule has 1 aromatic heterocycles. The number of esters is 1. The van der Waals surface area contributed by atoms with Gasteiger partial charge in [0.2, 0.25) is 0 Å². The largest absolute Gasteiger partial charge is 0.507 e. The Morgan fingerprint density at radius 1 is 1.31 bits per heavy atom. The highest BCUT2D eigenvalue weighted by Gasteiger charge is 2.14. The fraction of sp³-hybridized carbons (Fsp3) is 0.0500. The second kappa shape index (κ2) is 8.49. The highest BCUT2D eigenvalue weighted by atomic mass is 16.6. The second-order valence-electron chi connectivity index (χ2n) is 5.83. The number of allylic oxidation sites excluding steroid dienone is 1. The van der Waals surface area contributed by atoms with Crippen molar-refractivity contribution in [2.45, 2.75) is 0 Å². The Balaban J connectivity index is 1.68. The van der Waals surface area contributed by atoms with Crippen LogP contribution < -0.4 is 0 Å². The molecule has 0 bridgehead atoms. The molecule has 0 aliphatic carbocycles. The number of imidazole rings is 1. The number of aromatic amines is 1.